The third-order valence-electron chi connectivity index (χ3n) is 3.81. The second-order valence-electron chi connectivity index (χ2n) is 5.36. The van der Waals surface area contributed by atoms with E-state index in [-0.39, 0.29) is 5.41 Å². The van der Waals surface area contributed by atoms with Crippen LogP contribution in [0, 0.1) is 0 Å². The molecule has 18 heavy (non-hydrogen) atoms. The molecule has 1 heterocycles. The van der Waals surface area contributed by atoms with E-state index < -0.39 is 0 Å². The molecule has 0 bridgehead atoms. The van der Waals surface area contributed by atoms with Crippen LogP contribution in [0.15, 0.2) is 18.2 Å². The molecule has 2 rings (SSSR count). The highest BCUT2D eigenvalue weighted by molar-refractivity contribution is 7.80. The number of ether oxygens (including phenoxy) is 2. The molecule has 0 aromatic heterocycles. The Balaban J connectivity index is 2.42. The fraction of sp³-hybridized carbons (Fsp3) is 0.600. The normalized spacial score (nSPS) is 17.6. The van der Waals surface area contributed by atoms with Crippen LogP contribution < -0.4 is 4.74 Å². The first-order valence-electron chi connectivity index (χ1n) is 6.50. The van der Waals surface area contributed by atoms with Crippen LogP contribution in [0.1, 0.15) is 37.3 Å². The van der Waals surface area contributed by atoms with Crippen LogP contribution in [-0.2, 0) is 10.2 Å². The van der Waals surface area contributed by atoms with Crippen LogP contribution >= 0.6 is 12.6 Å². The van der Waals surface area contributed by atoms with Crippen molar-refractivity contribution in [3.05, 3.63) is 29.3 Å². The van der Waals surface area contributed by atoms with Gasteiger partial charge in [0.1, 0.15) is 5.75 Å². The molecule has 0 N–H and O–H groups in total. The quantitative estimate of drug-likeness (QED) is 0.823. The van der Waals surface area contributed by atoms with Gasteiger partial charge in [-0.25, -0.2) is 0 Å². The number of benzene rings is 1. The van der Waals surface area contributed by atoms with Crippen molar-refractivity contribution >= 4 is 12.6 Å². The Morgan fingerprint density at radius 3 is 2.56 bits per heavy atom. The molecule has 0 radical (unpaired) electrons. The van der Waals surface area contributed by atoms with Gasteiger partial charge in [-0.15, -0.1) is 0 Å². The zero-order valence-electron chi connectivity index (χ0n) is 11.4. The van der Waals surface area contributed by atoms with Crippen LogP contribution in [0.3, 0.4) is 0 Å². The Kier molecular flexibility index (Phi) is 4.23. The highest BCUT2D eigenvalue weighted by Crippen LogP contribution is 2.42. The molecule has 1 aromatic carbocycles. The number of hydrogen-bond donors (Lipinski definition) is 1. The molecule has 1 aliphatic rings. The Bertz CT molecular complexity index is 411. The summed E-state index contributed by atoms with van der Waals surface area (Å²) >= 11 is 4.39. The minimum Gasteiger partial charge on any atom is -0.496 e. The first-order chi connectivity index (χ1) is 8.63. The van der Waals surface area contributed by atoms with Crippen LogP contribution in [0.2, 0.25) is 0 Å². The van der Waals surface area contributed by atoms with Crippen LogP contribution in [0.5, 0.6) is 5.75 Å². The van der Waals surface area contributed by atoms with Gasteiger partial charge < -0.3 is 9.47 Å². The van der Waals surface area contributed by atoms with Gasteiger partial charge >= 0.3 is 0 Å². The predicted octanol–water partition coefficient (Wildman–Crippen LogP) is 3.41. The Labute approximate surface area is 115 Å². The zero-order chi connectivity index (χ0) is 13.2. The van der Waals surface area contributed by atoms with Crippen molar-refractivity contribution in [2.24, 2.45) is 0 Å². The maximum absolute atomic E-state index is 5.53. The summed E-state index contributed by atoms with van der Waals surface area (Å²) in [4.78, 5) is 0. The number of thiol groups is 1. The van der Waals surface area contributed by atoms with Gasteiger partial charge in [0.2, 0.25) is 0 Å². The Morgan fingerprint density at radius 1 is 1.39 bits per heavy atom. The van der Waals surface area contributed by atoms with Gasteiger partial charge in [-0.1, -0.05) is 26.0 Å². The largest absolute Gasteiger partial charge is 0.496 e. The van der Waals surface area contributed by atoms with Gasteiger partial charge in [-0.3, -0.25) is 0 Å². The average Bonchev–Trinajstić information content (AvgIpc) is 2.33. The molecule has 1 aliphatic heterocycles. The molecule has 0 atom stereocenters. The Morgan fingerprint density at radius 2 is 2.11 bits per heavy atom. The first-order valence-corrected chi connectivity index (χ1v) is 7.13. The summed E-state index contributed by atoms with van der Waals surface area (Å²) in [6.45, 7) is 6.00. The van der Waals surface area contributed by atoms with Gasteiger partial charge in [-0.2, -0.15) is 12.6 Å². The third kappa shape index (κ3) is 2.39. The van der Waals surface area contributed by atoms with E-state index in [4.69, 9.17) is 9.47 Å². The number of rotatable bonds is 5. The van der Waals surface area contributed by atoms with Gasteiger partial charge in [0.25, 0.3) is 0 Å². The van der Waals surface area contributed by atoms with Gasteiger partial charge in [0, 0.05) is 11.0 Å². The van der Waals surface area contributed by atoms with Crippen LogP contribution in [0.25, 0.3) is 0 Å². The number of hydrogen-bond acceptors (Lipinski definition) is 3. The van der Waals surface area contributed by atoms with Gasteiger partial charge in [0.05, 0.1) is 20.3 Å². The molecule has 100 valence electrons. The maximum atomic E-state index is 5.53. The van der Waals surface area contributed by atoms with Crippen molar-refractivity contribution in [1.29, 1.82) is 0 Å². The second-order valence-corrected chi connectivity index (χ2v) is 5.81. The minimum absolute atomic E-state index is 0.109. The fourth-order valence-electron chi connectivity index (χ4n) is 2.50. The van der Waals surface area contributed by atoms with E-state index in [1.807, 2.05) is 0 Å². The highest BCUT2D eigenvalue weighted by Gasteiger charge is 2.41. The monoisotopic (exact) mass is 266 g/mol. The highest BCUT2D eigenvalue weighted by atomic mass is 32.1. The average molecular weight is 266 g/mol. The summed E-state index contributed by atoms with van der Waals surface area (Å²) in [5.74, 6) is 2.38. The van der Waals surface area contributed by atoms with Gasteiger partial charge in [-0.05, 0) is 29.7 Å². The molecule has 0 spiro atoms. The summed E-state index contributed by atoms with van der Waals surface area (Å²) in [7, 11) is 1.74. The molecular formula is C15H22O2S. The summed E-state index contributed by atoms with van der Waals surface area (Å²) in [5, 5.41) is 0. The zero-order valence-corrected chi connectivity index (χ0v) is 12.3. The van der Waals surface area contributed by atoms with Crippen molar-refractivity contribution in [1.82, 2.24) is 0 Å². The van der Waals surface area contributed by atoms with Gasteiger partial charge in [0.15, 0.2) is 0 Å². The van der Waals surface area contributed by atoms with E-state index in [1.54, 1.807) is 7.11 Å². The first kappa shape index (κ1) is 13.8. The van der Waals surface area contributed by atoms with Crippen molar-refractivity contribution < 1.29 is 9.47 Å². The second kappa shape index (κ2) is 5.54. The smallest absolute Gasteiger partial charge is 0.122 e. The summed E-state index contributed by atoms with van der Waals surface area (Å²) in [6.07, 6.45) is 1.04. The lowest BCUT2D eigenvalue weighted by Gasteiger charge is -2.42. The molecule has 0 amide bonds. The molecular weight excluding hydrogens is 244 g/mol. The van der Waals surface area contributed by atoms with Crippen LogP contribution in [0.4, 0.5) is 0 Å². The number of methoxy groups -OCH3 is 1. The van der Waals surface area contributed by atoms with E-state index in [9.17, 15) is 0 Å². The van der Waals surface area contributed by atoms with Crippen LogP contribution in [-0.4, -0.2) is 26.1 Å². The lowest BCUT2D eigenvalue weighted by Crippen LogP contribution is -2.47. The molecule has 1 aromatic rings. The lowest BCUT2D eigenvalue weighted by atomic mass is 9.75. The molecule has 2 nitrogen and oxygen atoms in total. The maximum Gasteiger partial charge on any atom is 0.122 e. The summed E-state index contributed by atoms with van der Waals surface area (Å²) in [5.41, 5.74) is 2.76. The van der Waals surface area contributed by atoms with E-state index in [2.05, 4.69) is 44.7 Å². The van der Waals surface area contributed by atoms with E-state index in [0.29, 0.717) is 5.92 Å². The molecule has 0 aliphatic carbocycles. The van der Waals surface area contributed by atoms with Crippen molar-refractivity contribution in [2.75, 3.05) is 26.1 Å². The minimum atomic E-state index is 0.109. The molecule has 0 unspecified atom stereocenters. The lowest BCUT2D eigenvalue weighted by molar-refractivity contribution is -0.0623. The van der Waals surface area contributed by atoms with E-state index >= 15 is 0 Å². The summed E-state index contributed by atoms with van der Waals surface area (Å²) in [6, 6.07) is 6.53. The summed E-state index contributed by atoms with van der Waals surface area (Å²) < 4.78 is 11.0. The molecule has 3 heteroatoms. The van der Waals surface area contributed by atoms with E-state index in [1.165, 1.54) is 11.1 Å². The third-order valence-corrected chi connectivity index (χ3v) is 4.03. The van der Waals surface area contributed by atoms with Crippen molar-refractivity contribution in [2.45, 2.75) is 31.6 Å². The van der Waals surface area contributed by atoms with E-state index in [0.717, 1.165) is 31.1 Å². The fourth-order valence-corrected chi connectivity index (χ4v) is 2.92. The predicted molar refractivity (Wildman–Crippen MR) is 78.1 cm³/mol. The topological polar surface area (TPSA) is 18.5 Å². The standard InChI is InChI=1S/C15H22O2S/c1-11(2)12-4-5-14(16-3)13(8-12)15(6-7-18)9-17-10-15/h4-5,8,11,18H,6-7,9-10H2,1-3H3. The SMILES string of the molecule is COc1ccc(C(C)C)cc1C1(CCS)COC1. The molecule has 1 fully saturated rings. The van der Waals surface area contributed by atoms with Crippen molar-refractivity contribution in [3.63, 3.8) is 0 Å². The van der Waals surface area contributed by atoms with Crippen molar-refractivity contribution in [3.8, 4) is 5.75 Å². The molecule has 1 saturated heterocycles. The Hall–Kier alpha value is -0.670. The molecule has 0 saturated carbocycles.